The van der Waals surface area contributed by atoms with Crippen molar-refractivity contribution in [3.8, 4) is 11.5 Å². The molecule has 0 saturated carbocycles. The number of nitrogens with zero attached hydrogens (tertiary/aromatic N) is 1. The largest absolute Gasteiger partial charge is 0.573 e. The van der Waals surface area contributed by atoms with E-state index in [1.54, 1.807) is 11.6 Å². The number of benzene rings is 2. The fourth-order valence-electron chi connectivity index (χ4n) is 2.55. The molecule has 198 valence electrons. The Morgan fingerprint density at radius 1 is 1.08 bits per heavy atom. The van der Waals surface area contributed by atoms with E-state index in [-0.39, 0.29) is 29.1 Å². The van der Waals surface area contributed by atoms with Gasteiger partial charge in [-0.2, -0.15) is 4.39 Å². The average molecular weight is 618 g/mol. The van der Waals surface area contributed by atoms with Crippen LogP contribution in [0.5, 0.6) is 11.5 Å². The Kier molecular flexibility index (Phi) is 8.57. The van der Waals surface area contributed by atoms with Crippen molar-refractivity contribution >= 4 is 45.4 Å². The molecule has 1 heterocycles. The molecule has 0 unspecified atom stereocenters. The molecule has 0 aliphatic rings. The lowest BCUT2D eigenvalue weighted by atomic mass is 10.2. The number of alkyl halides is 3. The number of rotatable bonds is 8. The second kappa shape index (κ2) is 11.3. The van der Waals surface area contributed by atoms with E-state index in [9.17, 15) is 40.3 Å². The number of amides is 2. The topological polar surface area (TPSA) is 103 Å². The van der Waals surface area contributed by atoms with Crippen LogP contribution in [0.4, 0.5) is 36.4 Å². The number of ether oxygens (including phenoxy) is 2. The van der Waals surface area contributed by atoms with Crippen LogP contribution in [-0.4, -0.2) is 29.9 Å². The zero-order chi connectivity index (χ0) is 27.5. The highest BCUT2D eigenvalue weighted by Gasteiger charge is 2.37. The van der Waals surface area contributed by atoms with Crippen molar-refractivity contribution in [1.82, 2.24) is 9.88 Å². The Morgan fingerprint density at radius 3 is 2.38 bits per heavy atom. The quantitative estimate of drug-likeness (QED) is 0.146. The third kappa shape index (κ3) is 7.06. The van der Waals surface area contributed by atoms with Gasteiger partial charge in [0.15, 0.2) is 24.0 Å². The van der Waals surface area contributed by atoms with Gasteiger partial charge < -0.3 is 19.3 Å². The minimum Gasteiger partial charge on any atom is -0.482 e. The zero-order valence-electron chi connectivity index (χ0n) is 17.9. The Morgan fingerprint density at radius 2 is 1.76 bits per heavy atom. The van der Waals surface area contributed by atoms with Gasteiger partial charge in [0.05, 0.1) is 11.4 Å². The van der Waals surface area contributed by atoms with Crippen molar-refractivity contribution in [3.05, 3.63) is 63.5 Å². The lowest BCUT2D eigenvalue weighted by Crippen LogP contribution is -2.25. The van der Waals surface area contributed by atoms with Crippen molar-refractivity contribution in [1.29, 1.82) is 0 Å². The number of halogens is 8. The summed E-state index contributed by atoms with van der Waals surface area (Å²) < 4.78 is 108. The van der Waals surface area contributed by atoms with Gasteiger partial charge in [-0.15, -0.1) is 13.2 Å². The molecule has 17 heteroatoms. The molecule has 2 amide bonds. The monoisotopic (exact) mass is 617 g/mol. The van der Waals surface area contributed by atoms with E-state index in [0.29, 0.717) is 10.2 Å². The molecule has 1 aromatic heterocycles. The lowest BCUT2D eigenvalue weighted by Gasteiger charge is -2.16. The van der Waals surface area contributed by atoms with Crippen molar-refractivity contribution in [2.75, 3.05) is 11.9 Å². The summed E-state index contributed by atoms with van der Waals surface area (Å²) in [5.41, 5.74) is 0.495. The molecule has 0 aliphatic heterocycles. The van der Waals surface area contributed by atoms with Gasteiger partial charge >= 0.3 is 6.36 Å². The second-order valence-corrected chi connectivity index (χ2v) is 8.54. The molecule has 8 nitrogen and oxygen atoms in total. The number of aryl methyl sites for hydroxylation is 1. The maximum atomic E-state index is 14.0. The van der Waals surface area contributed by atoms with Crippen LogP contribution in [0.2, 0.25) is 0 Å². The predicted molar refractivity (Wildman–Crippen MR) is 116 cm³/mol. The Hall–Kier alpha value is -3.47. The summed E-state index contributed by atoms with van der Waals surface area (Å²) in [5, 5.41) is 6.04. The second-order valence-electron chi connectivity index (χ2n) is 6.81. The number of hydrogen-bond donors (Lipinski definition) is 2. The van der Waals surface area contributed by atoms with Crippen LogP contribution in [0.25, 0.3) is 0 Å². The summed E-state index contributed by atoms with van der Waals surface area (Å²) in [7, 11) is 0. The molecule has 0 atom stereocenters. The molecule has 0 aliphatic carbocycles. The number of hydrogen-bond acceptors (Lipinski definition) is 7. The van der Waals surface area contributed by atoms with Gasteiger partial charge in [0.25, 0.3) is 11.8 Å². The minimum atomic E-state index is -5.59. The Labute approximate surface area is 214 Å². The summed E-state index contributed by atoms with van der Waals surface area (Å²) in [6.07, 6.45) is -5.59. The summed E-state index contributed by atoms with van der Waals surface area (Å²) in [5.74, 6) is -13.7. The standard InChI is InChI=1S/C20H11BrF7N3O5S/c1-7-4-11(36-30-7)19(33)29-9-5-8(21)2-3-10(9)34-6-12(32)31-37-18-16(25)14(23)13(22)15(24)17(18)35-20(26,27)28/h2-5H,6H2,1H3,(H,29,33)(H,31,32). The van der Waals surface area contributed by atoms with E-state index in [4.69, 9.17) is 9.26 Å². The molecule has 0 radical (unpaired) electrons. The van der Waals surface area contributed by atoms with Crippen molar-refractivity contribution in [2.24, 2.45) is 0 Å². The van der Waals surface area contributed by atoms with E-state index in [1.807, 2.05) is 0 Å². The molecule has 0 fully saturated rings. The smallest absolute Gasteiger partial charge is 0.482 e. The maximum Gasteiger partial charge on any atom is 0.573 e. The predicted octanol–water partition coefficient (Wildman–Crippen LogP) is 5.66. The Balaban J connectivity index is 1.71. The molecule has 3 rings (SSSR count). The summed E-state index contributed by atoms with van der Waals surface area (Å²) in [4.78, 5) is 22.9. The zero-order valence-corrected chi connectivity index (χ0v) is 20.3. The van der Waals surface area contributed by atoms with E-state index in [2.05, 4.69) is 31.1 Å². The molecular formula is C20H11BrF7N3O5S. The van der Waals surface area contributed by atoms with E-state index in [0.717, 1.165) is 0 Å². The van der Waals surface area contributed by atoms with Crippen LogP contribution in [0, 0.1) is 30.2 Å². The van der Waals surface area contributed by atoms with Gasteiger partial charge in [-0.3, -0.25) is 14.3 Å². The first-order valence-electron chi connectivity index (χ1n) is 9.51. The van der Waals surface area contributed by atoms with Crippen molar-refractivity contribution < 1.29 is 54.3 Å². The number of aromatic nitrogens is 1. The minimum absolute atomic E-state index is 0.0564. The van der Waals surface area contributed by atoms with Crippen LogP contribution in [0.1, 0.15) is 16.2 Å². The highest BCUT2D eigenvalue weighted by molar-refractivity contribution is 9.10. The molecule has 37 heavy (non-hydrogen) atoms. The van der Waals surface area contributed by atoms with Gasteiger partial charge in [-0.25, -0.2) is 13.2 Å². The van der Waals surface area contributed by atoms with Crippen LogP contribution in [0.15, 0.2) is 38.2 Å². The molecule has 0 spiro atoms. The lowest BCUT2D eigenvalue weighted by molar-refractivity contribution is -0.276. The normalized spacial score (nSPS) is 11.3. The highest BCUT2D eigenvalue weighted by Crippen LogP contribution is 2.39. The number of nitrogens with one attached hydrogen (secondary N) is 2. The molecule has 0 bridgehead atoms. The van der Waals surface area contributed by atoms with E-state index in [1.165, 1.54) is 24.3 Å². The average Bonchev–Trinajstić information content (AvgIpc) is 3.26. The molecule has 2 N–H and O–H groups in total. The molecule has 0 saturated heterocycles. The fraction of sp³-hybridized carbons (Fsp3) is 0.150. The van der Waals surface area contributed by atoms with E-state index >= 15 is 0 Å². The molecular weight excluding hydrogens is 607 g/mol. The van der Waals surface area contributed by atoms with Crippen LogP contribution >= 0.6 is 27.9 Å². The molecule has 2 aromatic carbocycles. The third-order valence-corrected chi connectivity index (χ3v) is 5.46. The summed E-state index contributed by atoms with van der Waals surface area (Å²) in [6, 6.07) is 5.58. The third-order valence-electron chi connectivity index (χ3n) is 4.07. The van der Waals surface area contributed by atoms with E-state index < -0.39 is 58.7 Å². The summed E-state index contributed by atoms with van der Waals surface area (Å²) >= 11 is 2.88. The molecule has 3 aromatic rings. The van der Waals surface area contributed by atoms with Gasteiger partial charge in [0.1, 0.15) is 10.6 Å². The van der Waals surface area contributed by atoms with Crippen molar-refractivity contribution in [3.63, 3.8) is 0 Å². The maximum absolute atomic E-state index is 14.0. The van der Waals surface area contributed by atoms with Gasteiger partial charge in [-0.1, -0.05) is 21.1 Å². The van der Waals surface area contributed by atoms with Crippen LogP contribution in [0.3, 0.4) is 0 Å². The SMILES string of the molecule is Cc1cc(C(=O)Nc2cc(Br)ccc2OCC(=O)NSc2c(F)c(F)c(F)c(F)c2OC(F)(F)F)on1. The van der Waals surface area contributed by atoms with Crippen LogP contribution in [-0.2, 0) is 4.79 Å². The van der Waals surface area contributed by atoms with Gasteiger partial charge in [0, 0.05) is 10.5 Å². The highest BCUT2D eigenvalue weighted by atomic mass is 79.9. The first-order chi connectivity index (χ1) is 17.3. The van der Waals surface area contributed by atoms with Gasteiger partial charge in [-0.05, 0) is 37.1 Å². The number of carbonyl (C=O) groups excluding carboxylic acids is 2. The number of anilines is 1. The first-order valence-corrected chi connectivity index (χ1v) is 11.1. The number of carbonyl (C=O) groups is 2. The van der Waals surface area contributed by atoms with Crippen molar-refractivity contribution in [2.45, 2.75) is 18.2 Å². The van der Waals surface area contributed by atoms with Crippen LogP contribution < -0.4 is 19.5 Å². The summed E-state index contributed by atoms with van der Waals surface area (Å²) in [6.45, 7) is 0.728. The fourth-order valence-corrected chi connectivity index (χ4v) is 3.59. The van der Waals surface area contributed by atoms with Gasteiger partial charge in [0.2, 0.25) is 17.4 Å². The Bertz CT molecular complexity index is 1350. The first kappa shape index (κ1) is 28.1.